The molecule has 0 radical (unpaired) electrons. The van der Waals surface area contributed by atoms with E-state index in [4.69, 9.17) is 4.74 Å². The fourth-order valence-electron chi connectivity index (χ4n) is 2.19. The third-order valence-corrected chi connectivity index (χ3v) is 3.18. The minimum atomic E-state index is -0.579. The minimum absolute atomic E-state index is 0.0777. The molecule has 0 aromatic rings. The minimum Gasteiger partial charge on any atom is -0.444 e. The van der Waals surface area contributed by atoms with Gasteiger partial charge in [-0.1, -0.05) is 0 Å². The highest BCUT2D eigenvalue weighted by atomic mass is 16.6. The summed E-state index contributed by atoms with van der Waals surface area (Å²) in [6.45, 7) is 6.39. The molecule has 2 rings (SSSR count). The molecule has 100 valence electrons. The summed E-state index contributed by atoms with van der Waals surface area (Å²) in [7, 11) is 0. The standard InChI is InChI=1S/C12H18N2O4/c1-11(2,3)18-10(17)14-6-12(7-14)5-13-9(16)4-8(12)15/h4-7H2,1-3H3,(H,13,16). The second-order valence-electron chi connectivity index (χ2n) is 5.99. The Morgan fingerprint density at radius 3 is 2.44 bits per heavy atom. The first-order valence-corrected chi connectivity index (χ1v) is 6.00. The van der Waals surface area contributed by atoms with Crippen molar-refractivity contribution in [3.63, 3.8) is 0 Å². The molecule has 0 atom stereocenters. The number of amides is 2. The maximum absolute atomic E-state index is 11.8. The first kappa shape index (κ1) is 12.9. The van der Waals surface area contributed by atoms with E-state index in [1.807, 2.05) is 0 Å². The van der Waals surface area contributed by atoms with Crippen molar-refractivity contribution in [2.24, 2.45) is 5.41 Å². The molecule has 2 aliphatic rings. The number of likely N-dealkylation sites (tertiary alicyclic amines) is 1. The number of piperidine rings is 1. The van der Waals surface area contributed by atoms with E-state index in [-0.39, 0.29) is 18.1 Å². The van der Waals surface area contributed by atoms with E-state index in [9.17, 15) is 14.4 Å². The molecular formula is C12H18N2O4. The smallest absolute Gasteiger partial charge is 0.410 e. The average molecular weight is 254 g/mol. The predicted molar refractivity (Wildman–Crippen MR) is 62.9 cm³/mol. The van der Waals surface area contributed by atoms with Crippen LogP contribution in [0.2, 0.25) is 0 Å². The molecule has 0 bridgehead atoms. The number of rotatable bonds is 0. The summed E-state index contributed by atoms with van der Waals surface area (Å²) in [4.78, 5) is 36.1. The van der Waals surface area contributed by atoms with Gasteiger partial charge < -0.3 is 15.0 Å². The van der Waals surface area contributed by atoms with E-state index < -0.39 is 17.1 Å². The molecule has 0 saturated carbocycles. The van der Waals surface area contributed by atoms with Crippen molar-refractivity contribution in [3.05, 3.63) is 0 Å². The second-order valence-corrected chi connectivity index (χ2v) is 5.99. The van der Waals surface area contributed by atoms with Crippen molar-refractivity contribution in [1.82, 2.24) is 10.2 Å². The summed E-state index contributed by atoms with van der Waals surface area (Å²) in [5, 5.41) is 2.67. The highest BCUT2D eigenvalue weighted by molar-refractivity contribution is 6.04. The van der Waals surface area contributed by atoms with Gasteiger partial charge in [0, 0.05) is 19.6 Å². The first-order valence-electron chi connectivity index (χ1n) is 6.00. The highest BCUT2D eigenvalue weighted by Gasteiger charge is 2.53. The Hall–Kier alpha value is -1.59. The van der Waals surface area contributed by atoms with Crippen molar-refractivity contribution in [2.45, 2.75) is 32.8 Å². The van der Waals surface area contributed by atoms with Crippen molar-refractivity contribution in [1.29, 1.82) is 0 Å². The molecule has 2 fully saturated rings. The number of Topliss-reactive ketones (excluding diaryl/α,β-unsaturated/α-hetero) is 1. The van der Waals surface area contributed by atoms with Gasteiger partial charge in [0.05, 0.1) is 11.8 Å². The Labute approximate surface area is 106 Å². The molecule has 0 aromatic heterocycles. The second kappa shape index (κ2) is 3.96. The lowest BCUT2D eigenvalue weighted by Gasteiger charge is -2.50. The zero-order valence-corrected chi connectivity index (χ0v) is 10.9. The summed E-state index contributed by atoms with van der Waals surface area (Å²) in [6.07, 6.45) is -0.486. The van der Waals surface area contributed by atoms with Crippen molar-refractivity contribution in [2.75, 3.05) is 19.6 Å². The maximum Gasteiger partial charge on any atom is 0.410 e. The Balaban J connectivity index is 1.92. The molecule has 1 N–H and O–H groups in total. The molecule has 0 aromatic carbocycles. The number of nitrogens with zero attached hydrogens (tertiary/aromatic N) is 1. The van der Waals surface area contributed by atoms with Crippen LogP contribution in [0, 0.1) is 5.41 Å². The molecule has 2 aliphatic heterocycles. The molecule has 18 heavy (non-hydrogen) atoms. The molecule has 1 spiro atoms. The van der Waals surface area contributed by atoms with Crippen LogP contribution < -0.4 is 5.32 Å². The van der Waals surface area contributed by atoms with E-state index in [1.165, 1.54) is 4.90 Å². The first-order chi connectivity index (χ1) is 8.22. The van der Waals surface area contributed by atoms with Gasteiger partial charge in [0.1, 0.15) is 5.60 Å². The zero-order chi connectivity index (χ0) is 13.6. The van der Waals surface area contributed by atoms with E-state index >= 15 is 0 Å². The molecule has 6 heteroatoms. The summed E-state index contributed by atoms with van der Waals surface area (Å²) in [5.74, 6) is -0.313. The average Bonchev–Trinajstić information content (AvgIpc) is 2.11. The van der Waals surface area contributed by atoms with Crippen molar-refractivity contribution in [3.8, 4) is 0 Å². The quantitative estimate of drug-likeness (QED) is 0.631. The van der Waals surface area contributed by atoms with E-state index in [1.54, 1.807) is 20.8 Å². The molecule has 2 amide bonds. The van der Waals surface area contributed by atoms with Gasteiger partial charge in [0.2, 0.25) is 5.91 Å². The lowest BCUT2D eigenvalue weighted by atomic mass is 9.73. The van der Waals surface area contributed by atoms with Crippen LogP contribution in [0.25, 0.3) is 0 Å². The number of hydrogen-bond acceptors (Lipinski definition) is 4. The van der Waals surface area contributed by atoms with Gasteiger partial charge in [-0.3, -0.25) is 9.59 Å². The SMILES string of the molecule is CC(C)(C)OC(=O)N1CC2(CNC(=O)CC2=O)C1. The third kappa shape index (κ3) is 2.32. The van der Waals surface area contributed by atoms with Crippen LogP contribution in [0.5, 0.6) is 0 Å². The lowest BCUT2D eigenvalue weighted by Crippen LogP contribution is -2.68. The molecule has 6 nitrogen and oxygen atoms in total. The van der Waals surface area contributed by atoms with Crippen LogP contribution in [-0.4, -0.2) is 47.9 Å². The maximum atomic E-state index is 11.8. The Kier molecular flexibility index (Phi) is 2.83. The number of hydrogen-bond donors (Lipinski definition) is 1. The van der Waals surface area contributed by atoms with Crippen molar-refractivity contribution < 1.29 is 19.1 Å². The molecule has 2 saturated heterocycles. The normalized spacial score (nSPS) is 22.5. The van der Waals surface area contributed by atoms with Crippen LogP contribution in [0.4, 0.5) is 4.79 Å². The van der Waals surface area contributed by atoms with E-state index in [0.717, 1.165) is 0 Å². The fraction of sp³-hybridized carbons (Fsp3) is 0.750. The van der Waals surface area contributed by atoms with E-state index in [2.05, 4.69) is 5.32 Å². The summed E-state index contributed by atoms with van der Waals surface area (Å²) < 4.78 is 5.22. The lowest BCUT2D eigenvalue weighted by molar-refractivity contribution is -0.146. The van der Waals surface area contributed by atoms with Crippen LogP contribution in [0.1, 0.15) is 27.2 Å². The predicted octanol–water partition coefficient (Wildman–Crippen LogP) is 0.313. The van der Waals surface area contributed by atoms with Gasteiger partial charge in [-0.15, -0.1) is 0 Å². The fourth-order valence-corrected chi connectivity index (χ4v) is 2.19. The Morgan fingerprint density at radius 1 is 1.33 bits per heavy atom. The molecule has 0 unspecified atom stereocenters. The van der Waals surface area contributed by atoms with Crippen molar-refractivity contribution >= 4 is 17.8 Å². The topological polar surface area (TPSA) is 75.7 Å². The van der Waals surface area contributed by atoms with Crippen LogP contribution in [0.15, 0.2) is 0 Å². The van der Waals surface area contributed by atoms with Gasteiger partial charge in [-0.2, -0.15) is 0 Å². The number of carbonyl (C=O) groups excluding carboxylic acids is 3. The highest BCUT2D eigenvalue weighted by Crippen LogP contribution is 2.34. The molecular weight excluding hydrogens is 236 g/mol. The Morgan fingerprint density at radius 2 is 1.94 bits per heavy atom. The number of carbonyl (C=O) groups is 3. The van der Waals surface area contributed by atoms with Crippen LogP contribution in [0.3, 0.4) is 0 Å². The largest absolute Gasteiger partial charge is 0.444 e. The van der Waals surface area contributed by atoms with E-state index in [0.29, 0.717) is 19.6 Å². The van der Waals surface area contributed by atoms with Gasteiger partial charge >= 0.3 is 6.09 Å². The third-order valence-electron chi connectivity index (χ3n) is 3.18. The van der Waals surface area contributed by atoms with Gasteiger partial charge in [-0.05, 0) is 20.8 Å². The van der Waals surface area contributed by atoms with Gasteiger partial charge in [0.25, 0.3) is 0 Å². The van der Waals surface area contributed by atoms with Gasteiger partial charge in [-0.25, -0.2) is 4.79 Å². The van der Waals surface area contributed by atoms with Gasteiger partial charge in [0.15, 0.2) is 5.78 Å². The number of ketones is 1. The molecule has 2 heterocycles. The summed E-state index contributed by atoms with van der Waals surface area (Å²) in [5.41, 5.74) is -1.12. The van der Waals surface area contributed by atoms with Crippen LogP contribution in [-0.2, 0) is 14.3 Å². The van der Waals surface area contributed by atoms with Crippen LogP contribution >= 0.6 is 0 Å². The summed E-state index contributed by atoms with van der Waals surface area (Å²) in [6, 6.07) is 0. The Bertz CT molecular complexity index is 405. The number of nitrogens with one attached hydrogen (secondary N) is 1. The summed E-state index contributed by atoms with van der Waals surface area (Å²) >= 11 is 0. The molecule has 0 aliphatic carbocycles. The monoisotopic (exact) mass is 254 g/mol. The number of ether oxygens (including phenoxy) is 1. The zero-order valence-electron chi connectivity index (χ0n) is 10.9.